The van der Waals surface area contributed by atoms with E-state index in [4.69, 9.17) is 11.6 Å². The van der Waals surface area contributed by atoms with Crippen LogP contribution in [0.3, 0.4) is 0 Å². The molecular weight excluding hydrogens is 387 g/mol. The van der Waals surface area contributed by atoms with Crippen molar-refractivity contribution in [3.63, 3.8) is 0 Å². The van der Waals surface area contributed by atoms with Crippen LogP contribution in [0.25, 0.3) is 5.70 Å². The van der Waals surface area contributed by atoms with Crippen molar-refractivity contribution >= 4 is 34.5 Å². The van der Waals surface area contributed by atoms with Gasteiger partial charge in [-0.05, 0) is 63.2 Å². The first-order valence-electron chi connectivity index (χ1n) is 8.62. The van der Waals surface area contributed by atoms with Gasteiger partial charge in [-0.25, -0.2) is 4.99 Å². The van der Waals surface area contributed by atoms with Crippen molar-refractivity contribution in [2.75, 3.05) is 5.32 Å². The standard InChI is InChI=1S/C21H19ClF3N3/c1-20(2,3)28-18-12-17(13-4-6-14(7-5-13)21(23,24)25)27-19(18)26-16-10-8-15(22)9-11-16/h4-12H,1-3H3,(H,26,27,28). The molecule has 1 aliphatic rings. The fourth-order valence-corrected chi connectivity index (χ4v) is 2.72. The lowest BCUT2D eigenvalue weighted by atomic mass is 10.1. The number of alkyl halides is 3. The van der Waals surface area contributed by atoms with Crippen LogP contribution in [0.2, 0.25) is 5.02 Å². The normalized spacial score (nSPS) is 16.2. The molecule has 0 aliphatic carbocycles. The predicted molar refractivity (Wildman–Crippen MR) is 109 cm³/mol. The summed E-state index contributed by atoms with van der Waals surface area (Å²) in [6.07, 6.45) is -2.60. The first kappa shape index (κ1) is 20.1. The number of benzene rings is 2. The summed E-state index contributed by atoms with van der Waals surface area (Å²) < 4.78 is 38.4. The third kappa shape index (κ3) is 5.01. The van der Waals surface area contributed by atoms with Gasteiger partial charge in [0.25, 0.3) is 0 Å². The minimum atomic E-state index is -4.37. The van der Waals surface area contributed by atoms with Crippen LogP contribution in [0, 0.1) is 0 Å². The zero-order chi connectivity index (χ0) is 20.5. The molecule has 0 fully saturated rings. The minimum Gasteiger partial charge on any atom is -0.338 e. The molecule has 1 aliphatic heterocycles. The van der Waals surface area contributed by atoms with Crippen LogP contribution in [-0.4, -0.2) is 17.1 Å². The third-order valence-corrected chi connectivity index (χ3v) is 4.07. The number of aliphatic imine (C=N–C) groups is 2. The highest BCUT2D eigenvalue weighted by molar-refractivity contribution is 6.53. The summed E-state index contributed by atoms with van der Waals surface area (Å²) in [7, 11) is 0. The maximum Gasteiger partial charge on any atom is 0.416 e. The average Bonchev–Trinajstić information content (AvgIpc) is 2.97. The molecule has 1 N–H and O–H groups in total. The first-order chi connectivity index (χ1) is 13.0. The Balaban J connectivity index is 1.94. The van der Waals surface area contributed by atoms with Crippen molar-refractivity contribution in [1.29, 1.82) is 0 Å². The number of anilines is 1. The minimum absolute atomic E-state index is 0.343. The van der Waals surface area contributed by atoms with E-state index in [1.54, 1.807) is 18.2 Å². The molecule has 1 heterocycles. The molecule has 2 aromatic rings. The zero-order valence-electron chi connectivity index (χ0n) is 15.6. The Bertz CT molecular complexity index is 948. The lowest BCUT2D eigenvalue weighted by Gasteiger charge is -2.14. The van der Waals surface area contributed by atoms with Gasteiger partial charge in [0.2, 0.25) is 0 Å². The van der Waals surface area contributed by atoms with Gasteiger partial charge in [0, 0.05) is 16.3 Å². The van der Waals surface area contributed by atoms with Crippen molar-refractivity contribution in [2.45, 2.75) is 32.5 Å². The monoisotopic (exact) mass is 405 g/mol. The van der Waals surface area contributed by atoms with Gasteiger partial charge < -0.3 is 5.32 Å². The highest BCUT2D eigenvalue weighted by Gasteiger charge is 2.30. The molecule has 146 valence electrons. The quantitative estimate of drug-likeness (QED) is 0.611. The Labute approximate surface area is 166 Å². The molecule has 0 spiro atoms. The Morgan fingerprint density at radius 1 is 0.929 bits per heavy atom. The highest BCUT2D eigenvalue weighted by Crippen LogP contribution is 2.31. The summed E-state index contributed by atoms with van der Waals surface area (Å²) in [4.78, 5) is 9.23. The summed E-state index contributed by atoms with van der Waals surface area (Å²) in [5.41, 5.74) is 1.52. The van der Waals surface area contributed by atoms with Crippen LogP contribution in [0.15, 0.2) is 64.6 Å². The van der Waals surface area contributed by atoms with Crippen LogP contribution in [-0.2, 0) is 6.18 Å². The van der Waals surface area contributed by atoms with Crippen LogP contribution >= 0.6 is 11.6 Å². The van der Waals surface area contributed by atoms with E-state index in [0.717, 1.165) is 17.8 Å². The van der Waals surface area contributed by atoms with E-state index in [9.17, 15) is 13.2 Å². The number of nitrogens with zero attached hydrogens (tertiary/aromatic N) is 2. The van der Waals surface area contributed by atoms with Crippen molar-refractivity contribution < 1.29 is 13.2 Å². The van der Waals surface area contributed by atoms with E-state index in [0.29, 0.717) is 27.8 Å². The van der Waals surface area contributed by atoms with Gasteiger partial charge in [-0.2, -0.15) is 13.2 Å². The molecule has 7 heteroatoms. The molecule has 0 saturated heterocycles. The molecule has 0 amide bonds. The SMILES string of the molecule is CC(C)(C)N=C1C=C(c2ccc(C(F)(F)F)cc2)N=C1Nc1ccc(Cl)cc1. The number of hydrogen-bond acceptors (Lipinski definition) is 3. The Morgan fingerprint density at radius 3 is 2.07 bits per heavy atom. The molecule has 0 unspecified atom stereocenters. The van der Waals surface area contributed by atoms with E-state index in [2.05, 4.69) is 15.3 Å². The van der Waals surface area contributed by atoms with Gasteiger partial charge in [-0.3, -0.25) is 4.99 Å². The Kier molecular flexibility index (Phi) is 5.35. The van der Waals surface area contributed by atoms with Gasteiger partial charge in [-0.1, -0.05) is 23.7 Å². The fraction of sp³-hybridized carbons (Fsp3) is 0.238. The molecular formula is C21H19ClF3N3. The second-order valence-electron chi connectivity index (χ2n) is 7.36. The van der Waals surface area contributed by atoms with Crippen molar-refractivity contribution in [3.8, 4) is 0 Å². The first-order valence-corrected chi connectivity index (χ1v) is 9.00. The van der Waals surface area contributed by atoms with E-state index < -0.39 is 11.7 Å². The van der Waals surface area contributed by atoms with Gasteiger partial charge in [0.1, 0.15) is 5.71 Å². The van der Waals surface area contributed by atoms with Crippen LogP contribution in [0.4, 0.5) is 18.9 Å². The molecule has 0 radical (unpaired) electrons. The van der Waals surface area contributed by atoms with Crippen LogP contribution < -0.4 is 5.32 Å². The lowest BCUT2D eigenvalue weighted by molar-refractivity contribution is -0.137. The second-order valence-corrected chi connectivity index (χ2v) is 7.80. The number of hydrogen-bond donors (Lipinski definition) is 1. The van der Waals surface area contributed by atoms with Crippen molar-refractivity contribution in [2.24, 2.45) is 9.98 Å². The zero-order valence-corrected chi connectivity index (χ0v) is 16.4. The van der Waals surface area contributed by atoms with E-state index in [1.807, 2.05) is 32.9 Å². The predicted octanol–water partition coefficient (Wildman–Crippen LogP) is 6.46. The number of amidine groups is 1. The van der Waals surface area contributed by atoms with Gasteiger partial charge >= 0.3 is 6.18 Å². The molecule has 28 heavy (non-hydrogen) atoms. The third-order valence-electron chi connectivity index (χ3n) is 3.82. The lowest BCUT2D eigenvalue weighted by Crippen LogP contribution is -2.23. The fourth-order valence-electron chi connectivity index (χ4n) is 2.59. The topological polar surface area (TPSA) is 36.8 Å². The summed E-state index contributed by atoms with van der Waals surface area (Å²) >= 11 is 5.92. The Morgan fingerprint density at radius 2 is 1.54 bits per heavy atom. The van der Waals surface area contributed by atoms with E-state index in [1.165, 1.54) is 12.1 Å². The number of nitrogens with one attached hydrogen (secondary N) is 1. The summed E-state index contributed by atoms with van der Waals surface area (Å²) in [6, 6.07) is 12.1. The molecule has 3 rings (SSSR count). The van der Waals surface area contributed by atoms with Crippen molar-refractivity contribution in [3.05, 3.63) is 70.8 Å². The Hall–Kier alpha value is -2.60. The van der Waals surface area contributed by atoms with Gasteiger partial charge in [0.05, 0.1) is 16.8 Å². The van der Waals surface area contributed by atoms with Gasteiger partial charge in [-0.15, -0.1) is 0 Å². The van der Waals surface area contributed by atoms with Gasteiger partial charge in [0.15, 0.2) is 5.84 Å². The van der Waals surface area contributed by atoms with Crippen LogP contribution in [0.1, 0.15) is 31.9 Å². The second kappa shape index (κ2) is 7.43. The van der Waals surface area contributed by atoms with E-state index >= 15 is 0 Å². The van der Waals surface area contributed by atoms with E-state index in [-0.39, 0.29) is 5.54 Å². The molecule has 0 atom stereocenters. The maximum atomic E-state index is 12.8. The molecule has 0 bridgehead atoms. The highest BCUT2D eigenvalue weighted by atomic mass is 35.5. The average molecular weight is 406 g/mol. The molecule has 0 saturated carbocycles. The maximum absolute atomic E-state index is 12.8. The summed E-state index contributed by atoms with van der Waals surface area (Å²) in [5.74, 6) is 0.534. The number of rotatable bonds is 2. The largest absolute Gasteiger partial charge is 0.416 e. The summed E-state index contributed by atoms with van der Waals surface area (Å²) in [6.45, 7) is 5.89. The van der Waals surface area contributed by atoms with Crippen LogP contribution in [0.5, 0.6) is 0 Å². The molecule has 0 aromatic heterocycles. The smallest absolute Gasteiger partial charge is 0.338 e. The molecule has 2 aromatic carbocycles. The molecule has 3 nitrogen and oxygen atoms in total. The summed E-state index contributed by atoms with van der Waals surface area (Å²) in [5, 5.41) is 3.82. The van der Waals surface area contributed by atoms with Crippen molar-refractivity contribution in [1.82, 2.24) is 0 Å². The number of halogens is 4.